The smallest absolute Gasteiger partial charge is 0.0556 e. The van der Waals surface area contributed by atoms with Crippen molar-refractivity contribution in [1.29, 1.82) is 0 Å². The average Bonchev–Trinajstić information content (AvgIpc) is 3.26. The topological polar surface area (TPSA) is 19.4 Å². The molecule has 1 aromatic rings. The number of aryl methyl sites for hydroxylation is 1. The van der Waals surface area contributed by atoms with Crippen molar-refractivity contribution in [3.63, 3.8) is 0 Å². The summed E-state index contributed by atoms with van der Waals surface area (Å²) in [6.07, 6.45) is 6.83. The van der Waals surface area contributed by atoms with E-state index in [1.165, 1.54) is 43.7 Å². The molecule has 0 amide bonds. The fourth-order valence-electron chi connectivity index (χ4n) is 2.57. The van der Waals surface area contributed by atoms with Crippen LogP contribution < -0.4 is 4.90 Å². The van der Waals surface area contributed by atoms with Crippen LogP contribution in [0.2, 0.25) is 0 Å². The molecule has 0 atom stereocenters. The summed E-state index contributed by atoms with van der Waals surface area (Å²) in [7, 11) is 0. The first-order valence-electron chi connectivity index (χ1n) is 7.70. The lowest BCUT2D eigenvalue weighted by Crippen LogP contribution is -2.47. The highest BCUT2D eigenvalue weighted by molar-refractivity contribution is 5.46. The van der Waals surface area contributed by atoms with Crippen molar-refractivity contribution in [2.75, 3.05) is 37.6 Å². The second-order valence-corrected chi connectivity index (χ2v) is 5.45. The number of nitrogens with zero attached hydrogens (tertiary/aromatic N) is 3. The molecule has 1 aromatic heterocycles. The molecule has 0 unspecified atom stereocenters. The number of piperazine rings is 1. The third-order valence-electron chi connectivity index (χ3n) is 3.81. The van der Waals surface area contributed by atoms with Gasteiger partial charge in [-0.25, -0.2) is 0 Å². The van der Waals surface area contributed by atoms with Crippen molar-refractivity contribution >= 4 is 5.69 Å². The van der Waals surface area contributed by atoms with Crippen LogP contribution in [0.5, 0.6) is 0 Å². The van der Waals surface area contributed by atoms with E-state index in [0.29, 0.717) is 0 Å². The first kappa shape index (κ1) is 14.3. The molecular weight excluding hydrogens is 234 g/mol. The normalized spacial score (nSPS) is 19.8. The zero-order valence-corrected chi connectivity index (χ0v) is 12.6. The summed E-state index contributed by atoms with van der Waals surface area (Å²) in [4.78, 5) is 9.37. The van der Waals surface area contributed by atoms with Crippen molar-refractivity contribution in [3.05, 3.63) is 24.0 Å². The van der Waals surface area contributed by atoms with Crippen molar-refractivity contribution in [3.8, 4) is 0 Å². The van der Waals surface area contributed by atoms with Crippen molar-refractivity contribution in [1.82, 2.24) is 9.88 Å². The lowest BCUT2D eigenvalue weighted by Gasteiger charge is -2.36. The molecule has 2 aliphatic rings. The Morgan fingerprint density at radius 3 is 2.37 bits per heavy atom. The van der Waals surface area contributed by atoms with Crippen molar-refractivity contribution in [2.45, 2.75) is 33.6 Å². The Balaban J connectivity index is 0.000000637. The Kier molecular flexibility index (Phi) is 5.20. The third-order valence-corrected chi connectivity index (χ3v) is 3.81. The van der Waals surface area contributed by atoms with Gasteiger partial charge in [0.25, 0.3) is 0 Å². The van der Waals surface area contributed by atoms with E-state index in [1.54, 1.807) is 0 Å². The summed E-state index contributed by atoms with van der Waals surface area (Å²) in [5.41, 5.74) is 2.54. The molecule has 0 radical (unpaired) electrons. The molecular formula is C16H27N3. The predicted molar refractivity (Wildman–Crippen MR) is 81.7 cm³/mol. The molecule has 0 aromatic carbocycles. The van der Waals surface area contributed by atoms with Gasteiger partial charge in [0.1, 0.15) is 0 Å². The number of hydrogen-bond acceptors (Lipinski definition) is 3. The molecule has 1 aliphatic carbocycles. The van der Waals surface area contributed by atoms with Gasteiger partial charge in [0.05, 0.1) is 11.9 Å². The maximum atomic E-state index is 4.28. The number of anilines is 1. The summed E-state index contributed by atoms with van der Waals surface area (Å²) in [5, 5.41) is 0. The van der Waals surface area contributed by atoms with Gasteiger partial charge < -0.3 is 4.90 Å². The van der Waals surface area contributed by atoms with Crippen LogP contribution in [0.1, 0.15) is 32.3 Å². The van der Waals surface area contributed by atoms with Crippen LogP contribution in [0.15, 0.2) is 18.5 Å². The first-order chi connectivity index (χ1) is 9.31. The number of aromatic nitrogens is 1. The minimum atomic E-state index is 1.02. The lowest BCUT2D eigenvalue weighted by atomic mass is 10.2. The Hall–Kier alpha value is -1.09. The van der Waals surface area contributed by atoms with Crippen molar-refractivity contribution < 1.29 is 0 Å². The maximum absolute atomic E-state index is 4.28. The van der Waals surface area contributed by atoms with Gasteiger partial charge in [-0.3, -0.25) is 9.88 Å². The highest BCUT2D eigenvalue weighted by Crippen LogP contribution is 2.30. The van der Waals surface area contributed by atoms with E-state index in [-0.39, 0.29) is 0 Å². The van der Waals surface area contributed by atoms with E-state index in [4.69, 9.17) is 0 Å². The summed E-state index contributed by atoms with van der Waals surface area (Å²) in [6.45, 7) is 12.2. The van der Waals surface area contributed by atoms with E-state index < -0.39 is 0 Å². The van der Waals surface area contributed by atoms with Crippen LogP contribution in [0.4, 0.5) is 5.69 Å². The van der Waals surface area contributed by atoms with E-state index in [0.717, 1.165) is 19.0 Å². The Morgan fingerprint density at radius 1 is 1.11 bits per heavy atom. The molecule has 0 bridgehead atoms. The van der Waals surface area contributed by atoms with Crippen LogP contribution in [0, 0.1) is 12.8 Å². The molecule has 0 N–H and O–H groups in total. The minimum absolute atomic E-state index is 1.02. The second-order valence-electron chi connectivity index (χ2n) is 5.45. The van der Waals surface area contributed by atoms with Gasteiger partial charge >= 0.3 is 0 Å². The molecule has 3 nitrogen and oxygen atoms in total. The molecule has 3 rings (SSSR count). The van der Waals surface area contributed by atoms with Gasteiger partial charge in [-0.2, -0.15) is 0 Å². The maximum Gasteiger partial charge on any atom is 0.0556 e. The Labute approximate surface area is 117 Å². The number of rotatable bonds is 3. The zero-order valence-electron chi connectivity index (χ0n) is 12.6. The van der Waals surface area contributed by atoms with Gasteiger partial charge in [-0.1, -0.05) is 13.8 Å². The summed E-state index contributed by atoms with van der Waals surface area (Å²) in [5.74, 6) is 1.02. The predicted octanol–water partition coefficient (Wildman–Crippen LogP) is 2.95. The molecule has 19 heavy (non-hydrogen) atoms. The lowest BCUT2D eigenvalue weighted by molar-refractivity contribution is 0.248. The van der Waals surface area contributed by atoms with E-state index >= 15 is 0 Å². The molecule has 2 heterocycles. The summed E-state index contributed by atoms with van der Waals surface area (Å²) >= 11 is 0. The van der Waals surface area contributed by atoms with Gasteiger partial charge in [-0.15, -0.1) is 0 Å². The van der Waals surface area contributed by atoms with Gasteiger partial charge in [-0.05, 0) is 37.3 Å². The summed E-state index contributed by atoms with van der Waals surface area (Å²) < 4.78 is 0. The van der Waals surface area contributed by atoms with Gasteiger partial charge in [0.15, 0.2) is 0 Å². The highest BCUT2D eigenvalue weighted by atomic mass is 15.3. The molecule has 106 valence electrons. The highest BCUT2D eigenvalue weighted by Gasteiger charge is 2.26. The molecule has 3 heteroatoms. The summed E-state index contributed by atoms with van der Waals surface area (Å²) in [6, 6.07) is 2.24. The standard InChI is InChI=1S/C14H21N3.C2H6/c1-12-8-14(10-15-9-12)17-6-4-16(5-7-17)11-13-2-3-13;1-2/h8-10,13H,2-7,11H2,1H3;1-2H3. The van der Waals surface area contributed by atoms with Crippen LogP contribution >= 0.6 is 0 Å². The van der Waals surface area contributed by atoms with Crippen LogP contribution in [-0.4, -0.2) is 42.6 Å². The second kappa shape index (κ2) is 6.90. The fourth-order valence-corrected chi connectivity index (χ4v) is 2.57. The number of hydrogen-bond donors (Lipinski definition) is 0. The molecule has 2 fully saturated rings. The molecule has 1 saturated heterocycles. The largest absolute Gasteiger partial charge is 0.368 e. The minimum Gasteiger partial charge on any atom is -0.368 e. The molecule has 1 aliphatic heterocycles. The first-order valence-corrected chi connectivity index (χ1v) is 7.70. The average molecular weight is 261 g/mol. The van der Waals surface area contributed by atoms with Gasteiger partial charge in [0.2, 0.25) is 0 Å². The third kappa shape index (κ3) is 4.20. The number of pyridine rings is 1. The van der Waals surface area contributed by atoms with Gasteiger partial charge in [0, 0.05) is 38.9 Å². The van der Waals surface area contributed by atoms with E-state index in [2.05, 4.69) is 27.8 Å². The zero-order chi connectivity index (χ0) is 13.7. The Bertz CT molecular complexity index is 379. The van der Waals surface area contributed by atoms with E-state index in [1.807, 2.05) is 26.2 Å². The molecule has 0 spiro atoms. The molecule has 1 saturated carbocycles. The monoisotopic (exact) mass is 261 g/mol. The van der Waals surface area contributed by atoms with Crippen LogP contribution in [0.3, 0.4) is 0 Å². The van der Waals surface area contributed by atoms with Crippen LogP contribution in [-0.2, 0) is 0 Å². The SMILES string of the molecule is CC.Cc1cncc(N2CCN(CC3CC3)CC2)c1. The van der Waals surface area contributed by atoms with Crippen LogP contribution in [0.25, 0.3) is 0 Å². The van der Waals surface area contributed by atoms with E-state index in [9.17, 15) is 0 Å². The van der Waals surface area contributed by atoms with Crippen molar-refractivity contribution in [2.24, 2.45) is 5.92 Å². The fraction of sp³-hybridized carbons (Fsp3) is 0.688. The Morgan fingerprint density at radius 2 is 1.79 bits per heavy atom. The quantitative estimate of drug-likeness (QED) is 0.834.